The second-order valence-electron chi connectivity index (χ2n) is 7.62. The number of methoxy groups -OCH3 is 1. The molecule has 4 aromatic rings. The molecule has 1 saturated heterocycles. The fourth-order valence-corrected chi connectivity index (χ4v) is 5.09. The Bertz CT molecular complexity index is 1180. The van der Waals surface area contributed by atoms with Gasteiger partial charge < -0.3 is 9.64 Å². The minimum atomic E-state index is 0.169. The van der Waals surface area contributed by atoms with Gasteiger partial charge in [-0.15, -0.1) is 11.3 Å². The number of fused-ring (bicyclic) bond motifs is 1. The second kappa shape index (κ2) is 7.95. The lowest BCUT2D eigenvalue weighted by Crippen LogP contribution is -2.30. The highest BCUT2D eigenvalue weighted by Gasteiger charge is 2.29. The summed E-state index contributed by atoms with van der Waals surface area (Å²) in [6.07, 6.45) is 3.39. The van der Waals surface area contributed by atoms with Crippen molar-refractivity contribution in [2.45, 2.75) is 18.8 Å². The van der Waals surface area contributed by atoms with E-state index in [9.17, 15) is 4.79 Å². The number of nitrogens with zero attached hydrogens (tertiary/aromatic N) is 3. The first-order valence-electron chi connectivity index (χ1n) is 10.1. The molecule has 30 heavy (non-hydrogen) atoms. The van der Waals surface area contributed by atoms with Crippen LogP contribution < -0.4 is 4.74 Å². The van der Waals surface area contributed by atoms with Crippen molar-refractivity contribution in [1.29, 1.82) is 0 Å². The smallest absolute Gasteiger partial charge is 0.228 e. The Hall–Kier alpha value is -3.12. The SMILES string of the molecule is COc1ccccc1C1CCN(C(=O)Cc2csc3nc(-c4ccccc4)cn23)C1. The summed E-state index contributed by atoms with van der Waals surface area (Å²) in [7, 11) is 1.70. The molecule has 6 heteroatoms. The molecule has 0 N–H and O–H groups in total. The molecule has 3 heterocycles. The summed E-state index contributed by atoms with van der Waals surface area (Å²) in [5.41, 5.74) is 4.21. The molecule has 152 valence electrons. The molecule has 0 aliphatic carbocycles. The number of rotatable bonds is 5. The van der Waals surface area contributed by atoms with Gasteiger partial charge in [-0.05, 0) is 18.1 Å². The summed E-state index contributed by atoms with van der Waals surface area (Å²) in [4.78, 5) is 20.7. The van der Waals surface area contributed by atoms with Crippen molar-refractivity contribution in [3.05, 3.63) is 77.4 Å². The molecule has 0 saturated carbocycles. The molecule has 0 radical (unpaired) electrons. The molecule has 1 atom stereocenters. The van der Waals surface area contributed by atoms with Crippen LogP contribution in [0.2, 0.25) is 0 Å². The molecule has 5 rings (SSSR count). The number of benzene rings is 2. The van der Waals surface area contributed by atoms with Gasteiger partial charge >= 0.3 is 0 Å². The minimum absolute atomic E-state index is 0.169. The normalized spacial score (nSPS) is 16.3. The summed E-state index contributed by atoms with van der Waals surface area (Å²) >= 11 is 1.58. The molecule has 2 aromatic heterocycles. The molecule has 1 aliphatic rings. The fraction of sp³-hybridized carbons (Fsp3) is 0.250. The lowest BCUT2D eigenvalue weighted by Gasteiger charge is -2.18. The largest absolute Gasteiger partial charge is 0.496 e. The molecular formula is C24H23N3O2S. The average Bonchev–Trinajstić information content (AvgIpc) is 3.51. The highest BCUT2D eigenvalue weighted by molar-refractivity contribution is 7.15. The van der Waals surface area contributed by atoms with Crippen molar-refractivity contribution in [3.63, 3.8) is 0 Å². The van der Waals surface area contributed by atoms with Crippen molar-refractivity contribution >= 4 is 22.2 Å². The van der Waals surface area contributed by atoms with Gasteiger partial charge in [-0.25, -0.2) is 4.98 Å². The first-order valence-corrected chi connectivity index (χ1v) is 11.0. The predicted octanol–water partition coefficient (Wildman–Crippen LogP) is 4.63. The topological polar surface area (TPSA) is 46.8 Å². The van der Waals surface area contributed by atoms with Gasteiger partial charge in [0.25, 0.3) is 0 Å². The third kappa shape index (κ3) is 3.48. The lowest BCUT2D eigenvalue weighted by atomic mass is 9.97. The fourth-order valence-electron chi connectivity index (χ4n) is 4.22. The Morgan fingerprint density at radius 2 is 1.97 bits per heavy atom. The van der Waals surface area contributed by atoms with E-state index in [4.69, 9.17) is 9.72 Å². The van der Waals surface area contributed by atoms with Gasteiger partial charge in [0.1, 0.15) is 5.75 Å². The number of thiazole rings is 1. The first-order chi connectivity index (χ1) is 14.7. The van der Waals surface area contributed by atoms with E-state index in [-0.39, 0.29) is 5.91 Å². The van der Waals surface area contributed by atoms with E-state index < -0.39 is 0 Å². The monoisotopic (exact) mass is 417 g/mol. The Morgan fingerprint density at radius 3 is 2.80 bits per heavy atom. The number of hydrogen-bond acceptors (Lipinski definition) is 4. The van der Waals surface area contributed by atoms with E-state index >= 15 is 0 Å². The van der Waals surface area contributed by atoms with Crippen molar-refractivity contribution in [3.8, 4) is 17.0 Å². The van der Waals surface area contributed by atoms with Crippen LogP contribution in [0.15, 0.2) is 66.2 Å². The van der Waals surface area contributed by atoms with Gasteiger partial charge in [0.15, 0.2) is 4.96 Å². The Labute approximate surface area is 179 Å². The molecule has 2 aromatic carbocycles. The maximum atomic E-state index is 13.0. The van der Waals surface area contributed by atoms with E-state index in [2.05, 4.69) is 22.6 Å². The van der Waals surface area contributed by atoms with E-state index in [1.54, 1.807) is 18.4 Å². The summed E-state index contributed by atoms with van der Waals surface area (Å²) in [5.74, 6) is 1.40. The molecule has 0 bridgehead atoms. The molecule has 1 unspecified atom stereocenters. The highest BCUT2D eigenvalue weighted by Crippen LogP contribution is 2.33. The molecule has 5 nitrogen and oxygen atoms in total. The summed E-state index contributed by atoms with van der Waals surface area (Å²) in [6.45, 7) is 1.53. The quantitative estimate of drug-likeness (QED) is 0.476. The van der Waals surface area contributed by atoms with Crippen molar-refractivity contribution < 1.29 is 9.53 Å². The van der Waals surface area contributed by atoms with Crippen LogP contribution in [0.3, 0.4) is 0 Å². The minimum Gasteiger partial charge on any atom is -0.496 e. The number of aromatic nitrogens is 2. The van der Waals surface area contributed by atoms with E-state index in [0.717, 1.165) is 47.2 Å². The molecule has 1 amide bonds. The number of carbonyl (C=O) groups excluding carboxylic acids is 1. The standard InChI is InChI=1S/C24H23N3O2S/c1-29-22-10-6-5-9-20(22)18-11-12-26(14-18)23(28)13-19-16-30-24-25-21(15-27(19)24)17-7-3-2-4-8-17/h2-10,15-16,18H,11-14H2,1H3. The Kier molecular flexibility index (Phi) is 5.01. The third-order valence-electron chi connectivity index (χ3n) is 5.80. The number of imidazole rings is 1. The zero-order valence-electron chi connectivity index (χ0n) is 16.8. The average molecular weight is 418 g/mol. The summed E-state index contributed by atoms with van der Waals surface area (Å²) in [6, 6.07) is 18.3. The second-order valence-corrected chi connectivity index (χ2v) is 8.45. The number of ether oxygens (including phenoxy) is 1. The van der Waals surface area contributed by atoms with Gasteiger partial charge in [0.2, 0.25) is 5.91 Å². The van der Waals surface area contributed by atoms with Gasteiger partial charge in [0, 0.05) is 41.8 Å². The van der Waals surface area contributed by atoms with Gasteiger partial charge in [-0.1, -0.05) is 48.5 Å². The van der Waals surface area contributed by atoms with Crippen LogP contribution in [-0.2, 0) is 11.2 Å². The molecule has 1 aliphatic heterocycles. The summed E-state index contributed by atoms with van der Waals surface area (Å²) in [5, 5.41) is 2.04. The van der Waals surface area contributed by atoms with Crippen molar-refractivity contribution in [1.82, 2.24) is 14.3 Å². The molecule has 1 fully saturated rings. The summed E-state index contributed by atoms with van der Waals surface area (Å²) < 4.78 is 7.57. The Morgan fingerprint density at radius 1 is 1.17 bits per heavy atom. The van der Waals surface area contributed by atoms with E-state index in [1.165, 1.54) is 5.56 Å². The molecule has 0 spiro atoms. The maximum Gasteiger partial charge on any atom is 0.228 e. The van der Waals surface area contributed by atoms with Crippen LogP contribution >= 0.6 is 11.3 Å². The highest BCUT2D eigenvalue weighted by atomic mass is 32.1. The van der Waals surface area contributed by atoms with Crippen LogP contribution in [0.5, 0.6) is 5.75 Å². The van der Waals surface area contributed by atoms with Crippen LogP contribution in [0.1, 0.15) is 23.6 Å². The van der Waals surface area contributed by atoms with Crippen LogP contribution in [-0.4, -0.2) is 40.4 Å². The number of likely N-dealkylation sites (tertiary alicyclic amines) is 1. The zero-order chi connectivity index (χ0) is 20.5. The van der Waals surface area contributed by atoms with Gasteiger partial charge in [-0.3, -0.25) is 9.20 Å². The zero-order valence-corrected chi connectivity index (χ0v) is 17.6. The Balaban J connectivity index is 1.31. The number of carbonyl (C=O) groups is 1. The van der Waals surface area contributed by atoms with E-state index in [0.29, 0.717) is 12.3 Å². The van der Waals surface area contributed by atoms with Crippen LogP contribution in [0.4, 0.5) is 0 Å². The van der Waals surface area contributed by atoms with Crippen LogP contribution in [0, 0.1) is 0 Å². The van der Waals surface area contributed by atoms with Crippen LogP contribution in [0.25, 0.3) is 16.2 Å². The third-order valence-corrected chi connectivity index (χ3v) is 6.69. The first kappa shape index (κ1) is 18.9. The molecular weight excluding hydrogens is 394 g/mol. The van der Waals surface area contributed by atoms with Crippen molar-refractivity contribution in [2.75, 3.05) is 20.2 Å². The van der Waals surface area contributed by atoms with Gasteiger partial charge in [-0.2, -0.15) is 0 Å². The number of amides is 1. The van der Waals surface area contributed by atoms with E-state index in [1.807, 2.05) is 52.9 Å². The predicted molar refractivity (Wildman–Crippen MR) is 119 cm³/mol. The van der Waals surface area contributed by atoms with Gasteiger partial charge in [0.05, 0.1) is 19.2 Å². The number of hydrogen-bond donors (Lipinski definition) is 0. The maximum absolute atomic E-state index is 13.0. The lowest BCUT2D eigenvalue weighted by molar-refractivity contribution is -0.129. The van der Waals surface area contributed by atoms with Crippen molar-refractivity contribution in [2.24, 2.45) is 0 Å². The number of para-hydroxylation sites is 1.